The molecule has 0 unspecified atom stereocenters. The molecule has 1 saturated carbocycles. The molecule has 4 rings (SSSR count). The van der Waals surface area contributed by atoms with Gasteiger partial charge in [-0.05, 0) is 62.3 Å². The Hall–Kier alpha value is -2.89. The van der Waals surface area contributed by atoms with Crippen molar-refractivity contribution in [3.8, 4) is 5.88 Å². The highest BCUT2D eigenvalue weighted by molar-refractivity contribution is 5.94. The van der Waals surface area contributed by atoms with Crippen LogP contribution in [-0.2, 0) is 17.9 Å². The number of hydrogen-bond donors (Lipinski definition) is 1. The van der Waals surface area contributed by atoms with E-state index in [0.717, 1.165) is 43.4 Å². The molecule has 1 aliphatic heterocycles. The van der Waals surface area contributed by atoms with E-state index in [1.807, 2.05) is 41.3 Å². The summed E-state index contributed by atoms with van der Waals surface area (Å²) in [6, 6.07) is 11.3. The molecule has 2 aliphatic rings. The fourth-order valence-electron chi connectivity index (χ4n) is 4.12. The molecule has 2 aromatic rings. The van der Waals surface area contributed by atoms with Crippen molar-refractivity contribution in [2.75, 3.05) is 6.54 Å². The van der Waals surface area contributed by atoms with Gasteiger partial charge in [-0.3, -0.25) is 9.59 Å². The molecule has 0 atom stereocenters. The molecule has 0 radical (unpaired) electrons. The third-order valence-electron chi connectivity index (χ3n) is 5.88. The summed E-state index contributed by atoms with van der Waals surface area (Å²) >= 11 is 0. The van der Waals surface area contributed by atoms with E-state index in [-0.39, 0.29) is 17.9 Å². The predicted octanol–water partition coefficient (Wildman–Crippen LogP) is 3.85. The second kappa shape index (κ2) is 9.74. The zero-order valence-electron chi connectivity index (χ0n) is 17.3. The maximum absolute atomic E-state index is 12.6. The summed E-state index contributed by atoms with van der Waals surface area (Å²) in [6.07, 6.45) is 9.18. The summed E-state index contributed by atoms with van der Waals surface area (Å²) in [4.78, 5) is 30.8. The lowest BCUT2D eigenvalue weighted by Gasteiger charge is -2.26. The van der Waals surface area contributed by atoms with Gasteiger partial charge in [-0.15, -0.1) is 0 Å². The summed E-state index contributed by atoms with van der Waals surface area (Å²) in [5.74, 6) is 0.702. The molecule has 0 bridgehead atoms. The summed E-state index contributed by atoms with van der Waals surface area (Å²) in [5, 5.41) is 2.96. The number of ether oxygens (including phenoxy) is 1. The molecule has 2 amide bonds. The molecule has 1 N–H and O–H groups in total. The summed E-state index contributed by atoms with van der Waals surface area (Å²) < 4.78 is 6.05. The Bertz CT molecular complexity index is 876. The molecule has 30 heavy (non-hydrogen) atoms. The van der Waals surface area contributed by atoms with Crippen LogP contribution in [0.25, 0.3) is 0 Å². The fourth-order valence-corrected chi connectivity index (χ4v) is 4.12. The van der Waals surface area contributed by atoms with Gasteiger partial charge in [0.05, 0.1) is 0 Å². The third kappa shape index (κ3) is 5.17. The van der Waals surface area contributed by atoms with Gasteiger partial charge in [0, 0.05) is 43.4 Å². The molecule has 6 nitrogen and oxygen atoms in total. The molecule has 158 valence electrons. The monoisotopic (exact) mass is 407 g/mol. The first-order valence-corrected chi connectivity index (χ1v) is 10.9. The van der Waals surface area contributed by atoms with Gasteiger partial charge in [0.2, 0.25) is 11.8 Å². The van der Waals surface area contributed by atoms with E-state index < -0.39 is 0 Å². The number of hydrogen-bond acceptors (Lipinski definition) is 4. The number of rotatable bonds is 7. The lowest BCUT2D eigenvalue weighted by atomic mass is 10.1. The lowest BCUT2D eigenvalue weighted by Crippen LogP contribution is -2.34. The van der Waals surface area contributed by atoms with Crippen molar-refractivity contribution in [2.24, 2.45) is 0 Å². The Kier molecular flexibility index (Phi) is 6.62. The number of amides is 2. The van der Waals surface area contributed by atoms with Crippen molar-refractivity contribution < 1.29 is 14.3 Å². The number of nitrogens with zero attached hydrogens (tertiary/aromatic N) is 2. The Balaban J connectivity index is 1.32. The van der Waals surface area contributed by atoms with Crippen LogP contribution in [0.4, 0.5) is 0 Å². The normalized spacial score (nSPS) is 17.2. The summed E-state index contributed by atoms with van der Waals surface area (Å²) in [7, 11) is 0. The molecule has 2 heterocycles. The molecule has 1 aromatic heterocycles. The second-order valence-corrected chi connectivity index (χ2v) is 8.14. The highest BCUT2D eigenvalue weighted by Gasteiger charge is 2.19. The zero-order chi connectivity index (χ0) is 20.8. The van der Waals surface area contributed by atoms with Gasteiger partial charge in [-0.25, -0.2) is 4.98 Å². The lowest BCUT2D eigenvalue weighted by molar-refractivity contribution is -0.133. The average molecular weight is 408 g/mol. The van der Waals surface area contributed by atoms with Gasteiger partial charge >= 0.3 is 0 Å². The molecule has 1 saturated heterocycles. The molecular formula is C24H29N3O3. The molecule has 6 heteroatoms. The number of aromatic nitrogens is 1. The van der Waals surface area contributed by atoms with Crippen molar-refractivity contribution in [2.45, 2.75) is 64.1 Å². The molecule has 1 aromatic carbocycles. The van der Waals surface area contributed by atoms with Crippen LogP contribution in [0.15, 0.2) is 42.6 Å². The van der Waals surface area contributed by atoms with Crippen LogP contribution in [-0.4, -0.2) is 34.3 Å². The quantitative estimate of drug-likeness (QED) is 0.757. The van der Waals surface area contributed by atoms with Crippen LogP contribution in [0, 0.1) is 0 Å². The Morgan fingerprint density at radius 2 is 1.90 bits per heavy atom. The van der Waals surface area contributed by atoms with Crippen LogP contribution >= 0.6 is 0 Å². The van der Waals surface area contributed by atoms with Crippen molar-refractivity contribution in [3.63, 3.8) is 0 Å². The van der Waals surface area contributed by atoms with E-state index in [1.165, 1.54) is 12.8 Å². The number of carbonyl (C=O) groups excluding carboxylic acids is 2. The van der Waals surface area contributed by atoms with Crippen LogP contribution in [0.5, 0.6) is 5.88 Å². The highest BCUT2D eigenvalue weighted by atomic mass is 16.5. The Morgan fingerprint density at radius 3 is 2.67 bits per heavy atom. The highest BCUT2D eigenvalue weighted by Crippen LogP contribution is 2.25. The number of carbonyl (C=O) groups is 2. The van der Waals surface area contributed by atoms with Gasteiger partial charge in [-0.1, -0.05) is 18.2 Å². The first kappa shape index (κ1) is 20.4. The van der Waals surface area contributed by atoms with E-state index >= 15 is 0 Å². The van der Waals surface area contributed by atoms with E-state index in [4.69, 9.17) is 4.74 Å². The van der Waals surface area contributed by atoms with Gasteiger partial charge in [0.25, 0.3) is 5.91 Å². The largest absolute Gasteiger partial charge is 0.474 e. The van der Waals surface area contributed by atoms with Crippen molar-refractivity contribution in [1.29, 1.82) is 0 Å². The Morgan fingerprint density at radius 1 is 1.10 bits per heavy atom. The molecule has 1 aliphatic carbocycles. The van der Waals surface area contributed by atoms with Crippen LogP contribution in [0.2, 0.25) is 0 Å². The van der Waals surface area contributed by atoms with Crippen LogP contribution in [0.1, 0.15) is 66.4 Å². The minimum Gasteiger partial charge on any atom is -0.474 e. The molecule has 0 spiro atoms. The zero-order valence-corrected chi connectivity index (χ0v) is 17.3. The average Bonchev–Trinajstić information content (AvgIpc) is 3.28. The predicted molar refractivity (Wildman–Crippen MR) is 114 cm³/mol. The SMILES string of the molecule is O=C(NCc1cccnc1OC1CCCC1)c1ccc(CN2CCCCC2=O)cc1. The summed E-state index contributed by atoms with van der Waals surface area (Å²) in [6.45, 7) is 1.80. The maximum atomic E-state index is 12.6. The third-order valence-corrected chi connectivity index (χ3v) is 5.88. The van der Waals surface area contributed by atoms with Crippen molar-refractivity contribution in [3.05, 3.63) is 59.3 Å². The Labute approximate surface area is 177 Å². The van der Waals surface area contributed by atoms with Gasteiger partial charge in [0.1, 0.15) is 6.10 Å². The van der Waals surface area contributed by atoms with E-state index in [1.54, 1.807) is 6.20 Å². The standard InChI is InChI=1S/C24H29N3O3/c28-22-9-3-4-15-27(22)17-18-10-12-19(13-11-18)23(29)26-16-20-6-5-14-25-24(20)30-21-7-1-2-8-21/h5-6,10-14,21H,1-4,7-9,15-17H2,(H,26,29). The minimum absolute atomic E-state index is 0.133. The number of nitrogens with one attached hydrogen (secondary N) is 1. The smallest absolute Gasteiger partial charge is 0.251 e. The minimum atomic E-state index is -0.133. The fraction of sp³-hybridized carbons (Fsp3) is 0.458. The van der Waals surface area contributed by atoms with E-state index in [2.05, 4.69) is 10.3 Å². The van der Waals surface area contributed by atoms with Gasteiger partial charge in [-0.2, -0.15) is 0 Å². The number of piperidine rings is 1. The van der Waals surface area contributed by atoms with Crippen molar-refractivity contribution in [1.82, 2.24) is 15.2 Å². The first-order chi connectivity index (χ1) is 14.7. The summed E-state index contributed by atoms with van der Waals surface area (Å²) in [5.41, 5.74) is 2.53. The second-order valence-electron chi connectivity index (χ2n) is 8.14. The first-order valence-electron chi connectivity index (χ1n) is 10.9. The van der Waals surface area contributed by atoms with Crippen LogP contribution < -0.4 is 10.1 Å². The topological polar surface area (TPSA) is 71.5 Å². The van der Waals surface area contributed by atoms with E-state index in [0.29, 0.717) is 31.0 Å². The number of pyridine rings is 1. The van der Waals surface area contributed by atoms with Crippen molar-refractivity contribution >= 4 is 11.8 Å². The number of benzene rings is 1. The van der Waals surface area contributed by atoms with Gasteiger partial charge < -0.3 is 15.0 Å². The van der Waals surface area contributed by atoms with Gasteiger partial charge in [0.15, 0.2) is 0 Å². The molecular weight excluding hydrogens is 378 g/mol. The molecule has 2 fully saturated rings. The van der Waals surface area contributed by atoms with Crippen LogP contribution in [0.3, 0.4) is 0 Å². The van der Waals surface area contributed by atoms with E-state index in [9.17, 15) is 9.59 Å². The number of likely N-dealkylation sites (tertiary alicyclic amines) is 1. The maximum Gasteiger partial charge on any atom is 0.251 e.